The van der Waals surface area contributed by atoms with E-state index in [1.807, 2.05) is 27.7 Å². The van der Waals surface area contributed by atoms with Crippen LogP contribution in [0.15, 0.2) is 0 Å². The number of amides is 1. The molecule has 0 saturated carbocycles. The molecule has 1 atom stereocenters. The van der Waals surface area contributed by atoms with E-state index >= 15 is 0 Å². The van der Waals surface area contributed by atoms with E-state index < -0.39 is 11.0 Å². The SMILES string of the molecule is COCC(NC(=O)C(C)(C)C(C)(C)N)C(C)C. The van der Waals surface area contributed by atoms with Gasteiger partial charge in [0.2, 0.25) is 5.91 Å². The number of rotatable bonds is 6. The Morgan fingerprint density at radius 2 is 1.76 bits per heavy atom. The number of nitrogens with two attached hydrogens (primary N) is 1. The smallest absolute Gasteiger partial charge is 0.227 e. The van der Waals surface area contributed by atoms with Crippen LogP contribution in [0.4, 0.5) is 0 Å². The molecule has 3 N–H and O–H groups in total. The second-order valence-electron chi connectivity index (χ2n) is 6.13. The summed E-state index contributed by atoms with van der Waals surface area (Å²) in [4.78, 5) is 12.3. The van der Waals surface area contributed by atoms with Crippen LogP contribution in [-0.2, 0) is 9.53 Å². The molecule has 0 fully saturated rings. The van der Waals surface area contributed by atoms with Crippen LogP contribution in [0.5, 0.6) is 0 Å². The number of ether oxygens (including phenoxy) is 1. The van der Waals surface area contributed by atoms with E-state index in [1.54, 1.807) is 7.11 Å². The topological polar surface area (TPSA) is 64.3 Å². The highest BCUT2D eigenvalue weighted by Crippen LogP contribution is 2.28. The molecule has 0 rings (SSSR count). The van der Waals surface area contributed by atoms with Gasteiger partial charge in [0.05, 0.1) is 18.1 Å². The van der Waals surface area contributed by atoms with Gasteiger partial charge in [-0.3, -0.25) is 4.79 Å². The van der Waals surface area contributed by atoms with Gasteiger partial charge in [-0.1, -0.05) is 13.8 Å². The third-order valence-electron chi connectivity index (χ3n) is 3.65. The van der Waals surface area contributed by atoms with Crippen molar-refractivity contribution in [3.8, 4) is 0 Å². The molecule has 0 aliphatic rings. The van der Waals surface area contributed by atoms with Gasteiger partial charge in [0, 0.05) is 12.6 Å². The second-order valence-corrected chi connectivity index (χ2v) is 6.13. The molecule has 0 aromatic rings. The Morgan fingerprint density at radius 3 is 2.06 bits per heavy atom. The molecule has 0 bridgehead atoms. The minimum Gasteiger partial charge on any atom is -0.383 e. The van der Waals surface area contributed by atoms with Crippen molar-refractivity contribution in [3.63, 3.8) is 0 Å². The summed E-state index contributed by atoms with van der Waals surface area (Å²) in [6.45, 7) is 12.1. The summed E-state index contributed by atoms with van der Waals surface area (Å²) in [6, 6.07) is 0.0223. The predicted molar refractivity (Wildman–Crippen MR) is 70.7 cm³/mol. The first-order chi connectivity index (χ1) is 7.54. The average molecular weight is 244 g/mol. The van der Waals surface area contributed by atoms with E-state index in [2.05, 4.69) is 19.2 Å². The number of methoxy groups -OCH3 is 1. The van der Waals surface area contributed by atoms with E-state index in [1.165, 1.54) is 0 Å². The Balaban J connectivity index is 4.72. The summed E-state index contributed by atoms with van der Waals surface area (Å²) < 4.78 is 5.12. The zero-order chi connectivity index (χ0) is 13.9. The highest BCUT2D eigenvalue weighted by molar-refractivity contribution is 5.83. The Labute approximate surface area is 105 Å². The van der Waals surface area contributed by atoms with E-state index in [4.69, 9.17) is 10.5 Å². The van der Waals surface area contributed by atoms with Crippen molar-refractivity contribution in [1.82, 2.24) is 5.32 Å². The predicted octanol–water partition coefficient (Wildman–Crippen LogP) is 1.54. The second kappa shape index (κ2) is 5.83. The fourth-order valence-corrected chi connectivity index (χ4v) is 1.22. The van der Waals surface area contributed by atoms with Crippen LogP contribution < -0.4 is 11.1 Å². The molecule has 0 radical (unpaired) electrons. The third-order valence-corrected chi connectivity index (χ3v) is 3.65. The zero-order valence-electron chi connectivity index (χ0n) is 12.3. The van der Waals surface area contributed by atoms with Gasteiger partial charge in [0.25, 0.3) is 0 Å². The van der Waals surface area contributed by atoms with Crippen LogP contribution in [0.25, 0.3) is 0 Å². The lowest BCUT2D eigenvalue weighted by Gasteiger charge is -2.38. The van der Waals surface area contributed by atoms with Gasteiger partial charge < -0.3 is 15.8 Å². The monoisotopic (exact) mass is 244 g/mol. The van der Waals surface area contributed by atoms with Crippen molar-refractivity contribution in [2.24, 2.45) is 17.1 Å². The molecule has 0 spiro atoms. The number of nitrogens with one attached hydrogen (secondary N) is 1. The maximum absolute atomic E-state index is 12.3. The lowest BCUT2D eigenvalue weighted by Crippen LogP contribution is -2.58. The summed E-state index contributed by atoms with van der Waals surface area (Å²) in [7, 11) is 1.64. The minimum atomic E-state index is -0.617. The number of hydrogen-bond acceptors (Lipinski definition) is 3. The molecule has 1 unspecified atom stereocenters. The quantitative estimate of drug-likeness (QED) is 0.745. The standard InChI is InChI=1S/C13H28N2O2/c1-9(2)10(8-17-7)15-11(16)12(3,4)13(5,6)14/h9-10H,8,14H2,1-7H3,(H,15,16). The van der Waals surface area contributed by atoms with Crippen molar-refractivity contribution >= 4 is 5.91 Å². The van der Waals surface area contributed by atoms with Gasteiger partial charge in [-0.25, -0.2) is 0 Å². The van der Waals surface area contributed by atoms with Crippen LogP contribution in [0.2, 0.25) is 0 Å². The lowest BCUT2D eigenvalue weighted by atomic mass is 9.74. The average Bonchev–Trinajstić information content (AvgIpc) is 2.14. The molecule has 4 heteroatoms. The maximum Gasteiger partial charge on any atom is 0.227 e. The highest BCUT2D eigenvalue weighted by atomic mass is 16.5. The highest BCUT2D eigenvalue weighted by Gasteiger charge is 2.41. The minimum absolute atomic E-state index is 0.0223. The van der Waals surface area contributed by atoms with E-state index in [9.17, 15) is 4.79 Å². The Hall–Kier alpha value is -0.610. The van der Waals surface area contributed by atoms with E-state index in [0.717, 1.165) is 0 Å². The molecule has 102 valence electrons. The first kappa shape index (κ1) is 16.4. The molecule has 0 aromatic carbocycles. The summed E-state index contributed by atoms with van der Waals surface area (Å²) >= 11 is 0. The van der Waals surface area contributed by atoms with Crippen molar-refractivity contribution in [1.29, 1.82) is 0 Å². The van der Waals surface area contributed by atoms with E-state index in [-0.39, 0.29) is 11.9 Å². The molecule has 1 amide bonds. The third kappa shape index (κ3) is 4.28. The molecule has 0 aromatic heterocycles. The summed E-state index contributed by atoms with van der Waals surface area (Å²) in [5.74, 6) is 0.302. The maximum atomic E-state index is 12.3. The number of carbonyl (C=O) groups is 1. The summed E-state index contributed by atoms with van der Waals surface area (Å²) in [5.41, 5.74) is 4.87. The number of hydrogen-bond donors (Lipinski definition) is 2. The van der Waals surface area contributed by atoms with Crippen molar-refractivity contribution in [2.75, 3.05) is 13.7 Å². The van der Waals surface area contributed by atoms with Gasteiger partial charge in [-0.05, 0) is 33.6 Å². The van der Waals surface area contributed by atoms with Crippen LogP contribution in [0.3, 0.4) is 0 Å². The van der Waals surface area contributed by atoms with E-state index in [0.29, 0.717) is 12.5 Å². The Bertz CT molecular complexity index is 255. The molecule has 0 aliphatic heterocycles. The van der Waals surface area contributed by atoms with Gasteiger partial charge in [-0.2, -0.15) is 0 Å². The lowest BCUT2D eigenvalue weighted by molar-refractivity contribution is -0.133. The molecule has 17 heavy (non-hydrogen) atoms. The first-order valence-corrected chi connectivity index (χ1v) is 6.12. The van der Waals surface area contributed by atoms with Crippen LogP contribution in [0, 0.1) is 11.3 Å². The van der Waals surface area contributed by atoms with Gasteiger partial charge in [-0.15, -0.1) is 0 Å². The summed E-state index contributed by atoms with van der Waals surface area (Å²) in [6.07, 6.45) is 0. The summed E-state index contributed by atoms with van der Waals surface area (Å²) in [5, 5.41) is 3.02. The fourth-order valence-electron chi connectivity index (χ4n) is 1.22. The van der Waals surface area contributed by atoms with Crippen molar-refractivity contribution in [2.45, 2.75) is 53.1 Å². The molecule has 0 heterocycles. The van der Waals surface area contributed by atoms with Crippen molar-refractivity contribution in [3.05, 3.63) is 0 Å². The van der Waals surface area contributed by atoms with Crippen molar-refractivity contribution < 1.29 is 9.53 Å². The molecule has 4 nitrogen and oxygen atoms in total. The van der Waals surface area contributed by atoms with Crippen LogP contribution >= 0.6 is 0 Å². The van der Waals surface area contributed by atoms with Crippen LogP contribution in [0.1, 0.15) is 41.5 Å². The largest absolute Gasteiger partial charge is 0.383 e. The fraction of sp³-hybridized carbons (Fsp3) is 0.923. The van der Waals surface area contributed by atoms with Crippen LogP contribution in [-0.4, -0.2) is 31.2 Å². The Morgan fingerprint density at radius 1 is 1.29 bits per heavy atom. The normalized spacial score (nSPS) is 14.9. The molecular weight excluding hydrogens is 216 g/mol. The molecular formula is C13H28N2O2. The zero-order valence-corrected chi connectivity index (χ0v) is 12.3. The van der Waals surface area contributed by atoms with Gasteiger partial charge >= 0.3 is 0 Å². The molecule has 0 saturated heterocycles. The Kier molecular flexibility index (Phi) is 5.62. The molecule has 0 aliphatic carbocycles. The van der Waals surface area contributed by atoms with Gasteiger partial charge in [0.1, 0.15) is 0 Å². The number of carbonyl (C=O) groups excluding carboxylic acids is 1. The van der Waals surface area contributed by atoms with Gasteiger partial charge in [0.15, 0.2) is 0 Å². The first-order valence-electron chi connectivity index (χ1n) is 6.12.